The lowest BCUT2D eigenvalue weighted by molar-refractivity contribution is -0.128. The highest BCUT2D eigenvalue weighted by Crippen LogP contribution is 2.10. The Morgan fingerprint density at radius 2 is 1.72 bits per heavy atom. The van der Waals surface area contributed by atoms with Gasteiger partial charge in [-0.3, -0.25) is 29.9 Å². The van der Waals surface area contributed by atoms with Gasteiger partial charge in [0.2, 0.25) is 0 Å². The van der Waals surface area contributed by atoms with E-state index in [1.54, 1.807) is 24.3 Å². The van der Waals surface area contributed by atoms with Gasteiger partial charge in [0, 0.05) is 15.7 Å². The van der Waals surface area contributed by atoms with E-state index in [-0.39, 0.29) is 19.0 Å². The van der Waals surface area contributed by atoms with Crippen molar-refractivity contribution in [3.05, 3.63) is 51.8 Å². The minimum absolute atomic E-state index is 0.00872. The Bertz CT molecular complexity index is 786. The van der Waals surface area contributed by atoms with E-state index in [2.05, 4.69) is 37.2 Å². The summed E-state index contributed by atoms with van der Waals surface area (Å²) in [6, 6.07) is 8.58. The molecular formula is C16H18BrN5O3. The zero-order chi connectivity index (χ0) is 18.4. The molecule has 0 bridgehead atoms. The first kappa shape index (κ1) is 18.7. The van der Waals surface area contributed by atoms with Gasteiger partial charge < -0.3 is 5.32 Å². The predicted molar refractivity (Wildman–Crippen MR) is 94.5 cm³/mol. The molecule has 0 saturated carbocycles. The minimum atomic E-state index is -0.535. The third kappa shape index (κ3) is 5.71. The molecule has 9 heteroatoms. The van der Waals surface area contributed by atoms with Crippen molar-refractivity contribution < 1.29 is 14.4 Å². The van der Waals surface area contributed by atoms with Gasteiger partial charge in [0.1, 0.15) is 6.54 Å². The van der Waals surface area contributed by atoms with Gasteiger partial charge in [-0.05, 0) is 44.2 Å². The summed E-state index contributed by atoms with van der Waals surface area (Å²) in [5, 5.41) is 6.63. The Hall–Kier alpha value is -2.68. The Morgan fingerprint density at radius 3 is 2.32 bits per heavy atom. The molecule has 1 aromatic carbocycles. The van der Waals surface area contributed by atoms with Crippen molar-refractivity contribution in [1.82, 2.24) is 25.9 Å². The topological polar surface area (TPSA) is 105 Å². The minimum Gasteiger partial charge on any atom is -0.343 e. The van der Waals surface area contributed by atoms with Crippen molar-refractivity contribution in [2.24, 2.45) is 0 Å². The summed E-state index contributed by atoms with van der Waals surface area (Å²) in [5.41, 5.74) is 6.62. The second-order valence-electron chi connectivity index (χ2n) is 5.37. The lowest BCUT2D eigenvalue weighted by Crippen LogP contribution is -2.47. The predicted octanol–water partition coefficient (Wildman–Crippen LogP) is 0.840. The number of rotatable bonds is 5. The summed E-state index contributed by atoms with van der Waals surface area (Å²) in [6.45, 7) is 3.40. The molecule has 1 heterocycles. The van der Waals surface area contributed by atoms with Crippen molar-refractivity contribution in [1.29, 1.82) is 0 Å². The SMILES string of the molecule is Cc1cc(C)n(CC(=O)NNC(=O)CNC(=O)c2ccc(Br)cc2)n1. The fourth-order valence-corrected chi connectivity index (χ4v) is 2.32. The van der Waals surface area contributed by atoms with Crippen LogP contribution in [0.15, 0.2) is 34.8 Å². The number of hydrogen-bond acceptors (Lipinski definition) is 4. The Labute approximate surface area is 153 Å². The van der Waals surface area contributed by atoms with Gasteiger partial charge in [0.05, 0.1) is 12.2 Å². The highest BCUT2D eigenvalue weighted by atomic mass is 79.9. The number of hydrazine groups is 1. The second-order valence-corrected chi connectivity index (χ2v) is 6.29. The molecule has 3 N–H and O–H groups in total. The monoisotopic (exact) mass is 407 g/mol. The van der Waals surface area contributed by atoms with Crippen molar-refractivity contribution in [3.8, 4) is 0 Å². The van der Waals surface area contributed by atoms with Crippen molar-refractivity contribution >= 4 is 33.7 Å². The van der Waals surface area contributed by atoms with Crippen LogP contribution in [0.25, 0.3) is 0 Å². The summed E-state index contributed by atoms with van der Waals surface area (Å²) in [7, 11) is 0. The molecule has 0 spiro atoms. The van der Waals surface area contributed by atoms with Crippen LogP contribution in [0, 0.1) is 13.8 Å². The van der Waals surface area contributed by atoms with E-state index in [9.17, 15) is 14.4 Å². The number of carbonyl (C=O) groups is 3. The first-order chi connectivity index (χ1) is 11.8. The zero-order valence-corrected chi connectivity index (χ0v) is 15.4. The summed E-state index contributed by atoms with van der Waals surface area (Å²) < 4.78 is 2.39. The molecule has 25 heavy (non-hydrogen) atoms. The molecule has 0 aliphatic heterocycles. The van der Waals surface area contributed by atoms with E-state index in [0.29, 0.717) is 5.56 Å². The molecule has 0 atom stereocenters. The third-order valence-corrected chi connectivity index (χ3v) is 3.78. The van der Waals surface area contributed by atoms with Crippen molar-refractivity contribution in [2.75, 3.05) is 6.54 Å². The van der Waals surface area contributed by atoms with Crippen molar-refractivity contribution in [2.45, 2.75) is 20.4 Å². The van der Waals surface area contributed by atoms with E-state index < -0.39 is 11.8 Å². The van der Waals surface area contributed by atoms with Crippen molar-refractivity contribution in [3.63, 3.8) is 0 Å². The van der Waals surface area contributed by atoms with E-state index >= 15 is 0 Å². The van der Waals surface area contributed by atoms with E-state index in [0.717, 1.165) is 15.9 Å². The molecule has 132 valence electrons. The van der Waals surface area contributed by atoms with Gasteiger partial charge >= 0.3 is 0 Å². The highest BCUT2D eigenvalue weighted by Gasteiger charge is 2.10. The molecule has 3 amide bonds. The number of hydrogen-bond donors (Lipinski definition) is 3. The summed E-state index contributed by atoms with van der Waals surface area (Å²) >= 11 is 3.28. The highest BCUT2D eigenvalue weighted by molar-refractivity contribution is 9.10. The summed E-state index contributed by atoms with van der Waals surface area (Å²) in [4.78, 5) is 35.4. The van der Waals surface area contributed by atoms with Crippen LogP contribution < -0.4 is 16.2 Å². The number of nitrogens with zero attached hydrogens (tertiary/aromatic N) is 2. The number of nitrogens with one attached hydrogen (secondary N) is 3. The Balaban J connectivity index is 1.73. The molecule has 0 aliphatic carbocycles. The van der Waals surface area contributed by atoms with Crippen LogP contribution in [0.1, 0.15) is 21.7 Å². The summed E-state index contributed by atoms with van der Waals surface area (Å²) in [5.74, 6) is -1.33. The molecule has 1 aromatic heterocycles. The number of carbonyl (C=O) groups excluding carboxylic acids is 3. The maximum atomic E-state index is 11.9. The fourth-order valence-electron chi connectivity index (χ4n) is 2.06. The van der Waals surface area contributed by atoms with Crippen LogP contribution in [0.4, 0.5) is 0 Å². The summed E-state index contributed by atoms with van der Waals surface area (Å²) in [6.07, 6.45) is 0. The molecule has 8 nitrogen and oxygen atoms in total. The van der Waals surface area contributed by atoms with Crippen LogP contribution in [-0.4, -0.2) is 34.0 Å². The third-order valence-electron chi connectivity index (χ3n) is 3.25. The first-order valence-electron chi connectivity index (χ1n) is 7.47. The van der Waals surface area contributed by atoms with E-state index in [1.807, 2.05) is 19.9 Å². The van der Waals surface area contributed by atoms with Crippen LogP contribution in [-0.2, 0) is 16.1 Å². The van der Waals surface area contributed by atoms with E-state index in [4.69, 9.17) is 0 Å². The van der Waals surface area contributed by atoms with Gasteiger partial charge in [-0.1, -0.05) is 15.9 Å². The van der Waals surface area contributed by atoms with E-state index in [1.165, 1.54) is 4.68 Å². The average molecular weight is 408 g/mol. The van der Waals surface area contributed by atoms with Crippen LogP contribution >= 0.6 is 15.9 Å². The van der Waals surface area contributed by atoms with Gasteiger partial charge in [-0.2, -0.15) is 5.10 Å². The lowest BCUT2D eigenvalue weighted by atomic mass is 10.2. The largest absolute Gasteiger partial charge is 0.343 e. The molecule has 0 saturated heterocycles. The first-order valence-corrected chi connectivity index (χ1v) is 8.27. The average Bonchev–Trinajstić information content (AvgIpc) is 2.88. The number of halogens is 1. The van der Waals surface area contributed by atoms with Gasteiger partial charge in [0.25, 0.3) is 17.7 Å². The van der Waals surface area contributed by atoms with Crippen LogP contribution in [0.5, 0.6) is 0 Å². The number of aryl methyl sites for hydroxylation is 2. The smallest absolute Gasteiger partial charge is 0.260 e. The number of benzene rings is 1. The standard InChI is InChI=1S/C16H18BrN5O3/c1-10-7-11(2)22(21-10)9-15(24)20-19-14(23)8-18-16(25)12-3-5-13(17)6-4-12/h3-7H,8-9H2,1-2H3,(H,18,25)(H,19,23)(H,20,24). The van der Waals surface area contributed by atoms with Crippen LogP contribution in [0.2, 0.25) is 0 Å². The van der Waals surface area contributed by atoms with Gasteiger partial charge in [0.15, 0.2) is 0 Å². The number of aromatic nitrogens is 2. The Morgan fingerprint density at radius 1 is 1.08 bits per heavy atom. The lowest BCUT2D eigenvalue weighted by Gasteiger charge is -2.09. The molecular weight excluding hydrogens is 390 g/mol. The Kier molecular flexibility index (Phi) is 6.29. The maximum absolute atomic E-state index is 11.9. The van der Waals surface area contributed by atoms with Crippen LogP contribution in [0.3, 0.4) is 0 Å². The quantitative estimate of drug-likeness (QED) is 0.638. The fraction of sp³-hybridized carbons (Fsp3) is 0.250. The maximum Gasteiger partial charge on any atom is 0.260 e. The second kappa shape index (κ2) is 8.43. The molecule has 0 radical (unpaired) electrons. The molecule has 0 unspecified atom stereocenters. The number of amides is 3. The molecule has 2 rings (SSSR count). The molecule has 0 fully saturated rings. The van der Waals surface area contributed by atoms with Gasteiger partial charge in [-0.25, -0.2) is 0 Å². The molecule has 0 aliphatic rings. The zero-order valence-electron chi connectivity index (χ0n) is 13.8. The van der Waals surface area contributed by atoms with Gasteiger partial charge in [-0.15, -0.1) is 0 Å². The normalized spacial score (nSPS) is 10.2. The molecule has 2 aromatic rings.